The number of nitrogens with one attached hydrogen (secondary N) is 2. The van der Waals surface area contributed by atoms with E-state index in [0.717, 1.165) is 61.5 Å². The predicted octanol–water partition coefficient (Wildman–Crippen LogP) is 7.56. The maximum absolute atomic E-state index is 12.4. The number of anilines is 1. The number of carboxylic acids is 1. The second kappa shape index (κ2) is 22.2. The van der Waals surface area contributed by atoms with Gasteiger partial charge >= 0.3 is 5.97 Å². The third-order valence-corrected chi connectivity index (χ3v) is 11.5. The number of nitrogens with zero attached hydrogens (tertiary/aromatic N) is 3. The van der Waals surface area contributed by atoms with E-state index in [-0.39, 0.29) is 48.6 Å². The highest BCUT2D eigenvalue weighted by atomic mass is 35.5. The van der Waals surface area contributed by atoms with Crippen LogP contribution in [-0.4, -0.2) is 102 Å². The summed E-state index contributed by atoms with van der Waals surface area (Å²) in [5.41, 5.74) is 2.96. The fourth-order valence-electron chi connectivity index (χ4n) is 7.10. The summed E-state index contributed by atoms with van der Waals surface area (Å²) in [5, 5.41) is 16.6. The molecule has 0 unspecified atom stereocenters. The Balaban J connectivity index is 0.000000265. The van der Waals surface area contributed by atoms with E-state index in [0.29, 0.717) is 48.2 Å². The Morgan fingerprint density at radius 3 is 2.00 bits per heavy atom. The number of carbonyl (C=O) groups is 4. The highest BCUT2D eigenvalue weighted by molar-refractivity contribution is 6.36. The van der Waals surface area contributed by atoms with Gasteiger partial charge in [0.1, 0.15) is 5.75 Å². The van der Waals surface area contributed by atoms with Crippen molar-refractivity contribution in [1.29, 1.82) is 0 Å². The molecule has 3 amide bonds. The van der Waals surface area contributed by atoms with Gasteiger partial charge in [-0.05, 0) is 107 Å². The molecule has 3 aromatic carbocycles. The molecule has 1 saturated heterocycles. The van der Waals surface area contributed by atoms with Crippen molar-refractivity contribution in [2.75, 3.05) is 52.7 Å². The second-order valence-electron chi connectivity index (χ2n) is 14.6. The molecule has 1 saturated carbocycles. The third-order valence-electron chi connectivity index (χ3n) is 10.6. The zero-order chi connectivity index (χ0) is 40.7. The first kappa shape index (κ1) is 44.8. The summed E-state index contributed by atoms with van der Waals surface area (Å²) in [6.07, 6.45) is 5.89. The van der Waals surface area contributed by atoms with Crippen LogP contribution in [0.2, 0.25) is 15.1 Å². The van der Waals surface area contributed by atoms with Crippen LogP contribution in [-0.2, 0) is 32.1 Å². The van der Waals surface area contributed by atoms with Gasteiger partial charge < -0.3 is 30.3 Å². The Labute approximate surface area is 345 Å². The van der Waals surface area contributed by atoms with E-state index in [9.17, 15) is 19.2 Å². The molecule has 0 spiro atoms. The van der Waals surface area contributed by atoms with Crippen LogP contribution >= 0.6 is 34.8 Å². The third kappa shape index (κ3) is 14.3. The van der Waals surface area contributed by atoms with Crippen molar-refractivity contribution in [3.8, 4) is 5.75 Å². The first-order valence-corrected chi connectivity index (χ1v) is 20.2. The summed E-state index contributed by atoms with van der Waals surface area (Å²) in [5.74, 6) is -0.347. The summed E-state index contributed by atoms with van der Waals surface area (Å²) >= 11 is 18.4. The van der Waals surface area contributed by atoms with Crippen LogP contribution < -0.4 is 15.4 Å². The van der Waals surface area contributed by atoms with Gasteiger partial charge in [0.15, 0.2) is 0 Å². The number of amides is 3. The summed E-state index contributed by atoms with van der Waals surface area (Å²) in [6, 6.07) is 20.8. The summed E-state index contributed by atoms with van der Waals surface area (Å²) in [7, 11) is 5.87. The van der Waals surface area contributed by atoms with Crippen LogP contribution in [0, 0.1) is 0 Å². The van der Waals surface area contributed by atoms with Crippen LogP contribution in [0.25, 0.3) is 0 Å². The number of ether oxygens (including phenoxy) is 1. The van der Waals surface area contributed by atoms with Gasteiger partial charge in [0, 0.05) is 96.3 Å². The van der Waals surface area contributed by atoms with Crippen molar-refractivity contribution in [2.45, 2.75) is 82.3 Å². The van der Waals surface area contributed by atoms with Crippen molar-refractivity contribution in [2.24, 2.45) is 0 Å². The maximum Gasteiger partial charge on any atom is 0.303 e. The SMILES string of the molecule is COc1ccc(NC(=O)CCC(=O)NC2CCC(Cc3ccc(Cl)cc3)(N(C)C)CC2)cc1.O=C(O)CCCC(=O)N1CCN(Cc2c(Cl)cccc2Cl)CC1. The Morgan fingerprint density at radius 2 is 1.43 bits per heavy atom. The quantitative estimate of drug-likeness (QED) is 0.143. The number of halogens is 3. The molecular weight excluding hydrogens is 777 g/mol. The average molecular weight is 831 g/mol. The molecule has 56 heavy (non-hydrogen) atoms. The standard InChI is InChI=1S/C26H34ClN3O3.C16H20Cl2N2O3/c1-30(2)26(18-19-4-6-20(27)7-5-19)16-14-22(15-17-26)29-25(32)13-12-24(31)28-21-8-10-23(33-3)11-9-21;17-13-3-1-4-14(18)12(13)11-19-7-9-20(10-8-19)15(21)5-2-6-16(22)23/h4-11,22H,12-18H2,1-3H3,(H,28,31)(H,29,32);1,3-4H,2,5-11H2,(H,22,23). The van der Waals surface area contributed by atoms with E-state index in [1.54, 1.807) is 36.3 Å². The number of benzene rings is 3. The number of rotatable bonds is 15. The first-order valence-electron chi connectivity index (χ1n) is 19.1. The van der Waals surface area contributed by atoms with Crippen molar-refractivity contribution in [1.82, 2.24) is 20.0 Å². The second-order valence-corrected chi connectivity index (χ2v) is 15.9. The van der Waals surface area contributed by atoms with Gasteiger partial charge in [-0.25, -0.2) is 0 Å². The van der Waals surface area contributed by atoms with Gasteiger partial charge in [0.25, 0.3) is 0 Å². The molecule has 1 heterocycles. The lowest BCUT2D eigenvalue weighted by Gasteiger charge is -2.45. The number of carbonyl (C=O) groups excluding carboxylic acids is 3. The number of aliphatic carboxylic acids is 1. The molecule has 14 heteroatoms. The van der Waals surface area contributed by atoms with E-state index in [1.165, 1.54) is 5.56 Å². The lowest BCUT2D eigenvalue weighted by atomic mass is 9.75. The smallest absolute Gasteiger partial charge is 0.303 e. The molecule has 1 aliphatic heterocycles. The molecule has 2 aliphatic rings. The monoisotopic (exact) mass is 829 g/mol. The molecule has 0 aromatic heterocycles. The minimum Gasteiger partial charge on any atom is -0.497 e. The molecule has 11 nitrogen and oxygen atoms in total. The minimum absolute atomic E-state index is 0.0293. The van der Waals surface area contributed by atoms with Crippen LogP contribution in [0.1, 0.15) is 68.9 Å². The maximum atomic E-state index is 12.4. The number of carboxylic acid groups (broad SMARTS) is 1. The Kier molecular flexibility index (Phi) is 17.8. The van der Waals surface area contributed by atoms with Gasteiger partial charge in [0.05, 0.1) is 7.11 Å². The van der Waals surface area contributed by atoms with Crippen LogP contribution in [0.5, 0.6) is 5.75 Å². The number of piperazine rings is 1. The van der Waals surface area contributed by atoms with Gasteiger partial charge in [-0.2, -0.15) is 0 Å². The number of likely N-dealkylation sites (N-methyl/N-ethyl adjacent to an activating group) is 1. The molecule has 3 aromatic rings. The fourth-order valence-corrected chi connectivity index (χ4v) is 7.74. The number of hydrogen-bond acceptors (Lipinski definition) is 7. The lowest BCUT2D eigenvalue weighted by Crippen LogP contribution is -2.52. The van der Waals surface area contributed by atoms with Crippen molar-refractivity contribution >= 4 is 64.2 Å². The predicted molar refractivity (Wildman–Crippen MR) is 223 cm³/mol. The van der Waals surface area contributed by atoms with E-state index < -0.39 is 5.97 Å². The van der Waals surface area contributed by atoms with Crippen LogP contribution in [0.15, 0.2) is 66.7 Å². The Morgan fingerprint density at radius 1 is 0.821 bits per heavy atom. The van der Waals surface area contributed by atoms with Crippen molar-refractivity contribution < 1.29 is 29.0 Å². The summed E-state index contributed by atoms with van der Waals surface area (Å²) < 4.78 is 5.11. The van der Waals surface area contributed by atoms with Gasteiger partial charge in [0.2, 0.25) is 17.7 Å². The molecule has 0 bridgehead atoms. The normalized spacial score (nSPS) is 18.4. The van der Waals surface area contributed by atoms with E-state index >= 15 is 0 Å². The molecule has 1 aliphatic carbocycles. The van der Waals surface area contributed by atoms with Crippen molar-refractivity contribution in [3.05, 3.63) is 92.9 Å². The number of hydrogen-bond donors (Lipinski definition) is 3. The largest absolute Gasteiger partial charge is 0.497 e. The number of methoxy groups -OCH3 is 1. The fraction of sp³-hybridized carbons (Fsp3) is 0.476. The molecular formula is C42H54Cl3N5O6. The summed E-state index contributed by atoms with van der Waals surface area (Å²) in [4.78, 5) is 53.5. The summed E-state index contributed by atoms with van der Waals surface area (Å²) in [6.45, 7) is 3.47. The van der Waals surface area contributed by atoms with Crippen LogP contribution in [0.4, 0.5) is 5.69 Å². The highest BCUT2D eigenvalue weighted by Crippen LogP contribution is 2.36. The highest BCUT2D eigenvalue weighted by Gasteiger charge is 2.37. The molecule has 0 radical (unpaired) electrons. The average Bonchev–Trinajstić information content (AvgIpc) is 3.18. The topological polar surface area (TPSA) is 132 Å². The molecule has 304 valence electrons. The van der Waals surface area contributed by atoms with E-state index in [2.05, 4.69) is 46.7 Å². The zero-order valence-corrected chi connectivity index (χ0v) is 34.8. The van der Waals surface area contributed by atoms with Crippen LogP contribution in [0.3, 0.4) is 0 Å². The molecule has 2 fully saturated rings. The Hall–Kier alpha value is -3.87. The Bertz CT molecular complexity index is 1720. The van der Waals surface area contributed by atoms with Gasteiger partial charge in [-0.15, -0.1) is 0 Å². The molecule has 5 rings (SSSR count). The molecule has 0 atom stereocenters. The minimum atomic E-state index is -0.862. The molecule has 3 N–H and O–H groups in total. The van der Waals surface area contributed by atoms with Gasteiger partial charge in [-0.1, -0.05) is 53.0 Å². The van der Waals surface area contributed by atoms with E-state index in [4.69, 9.17) is 44.6 Å². The lowest BCUT2D eigenvalue weighted by molar-refractivity contribution is -0.137. The van der Waals surface area contributed by atoms with Crippen molar-refractivity contribution in [3.63, 3.8) is 0 Å². The van der Waals surface area contributed by atoms with E-state index in [1.807, 2.05) is 30.3 Å². The first-order chi connectivity index (χ1) is 26.8. The zero-order valence-electron chi connectivity index (χ0n) is 32.5. The van der Waals surface area contributed by atoms with Gasteiger partial charge in [-0.3, -0.25) is 24.1 Å².